The van der Waals surface area contributed by atoms with E-state index in [1.165, 1.54) is 0 Å². The first-order valence-electron chi connectivity index (χ1n) is 4.47. The third-order valence-corrected chi connectivity index (χ3v) is 2.54. The smallest absolute Gasteiger partial charge is 0.328 e. The summed E-state index contributed by atoms with van der Waals surface area (Å²) >= 11 is 11.7. The summed E-state index contributed by atoms with van der Waals surface area (Å²) < 4.78 is 5.33. The highest BCUT2D eigenvalue weighted by Crippen LogP contribution is 2.31. The SMILES string of the molecule is C/C(=C\C(=O)O)COc1cccc(Cl)c1Cl. The number of carboxylic acid groups (broad SMARTS) is 1. The lowest BCUT2D eigenvalue weighted by Gasteiger charge is -2.08. The van der Waals surface area contributed by atoms with E-state index in [4.69, 9.17) is 33.0 Å². The van der Waals surface area contributed by atoms with Gasteiger partial charge in [0.1, 0.15) is 17.4 Å². The zero-order valence-corrected chi connectivity index (χ0v) is 10.0. The van der Waals surface area contributed by atoms with Gasteiger partial charge in [-0.25, -0.2) is 4.79 Å². The molecule has 1 aromatic carbocycles. The number of benzene rings is 1. The van der Waals surface area contributed by atoms with Crippen LogP contribution in [0.1, 0.15) is 6.92 Å². The van der Waals surface area contributed by atoms with Crippen LogP contribution in [0.25, 0.3) is 0 Å². The van der Waals surface area contributed by atoms with Gasteiger partial charge in [-0.1, -0.05) is 29.3 Å². The Hall–Kier alpha value is -1.19. The molecule has 0 atom stereocenters. The van der Waals surface area contributed by atoms with Crippen molar-refractivity contribution in [3.8, 4) is 5.75 Å². The van der Waals surface area contributed by atoms with E-state index in [0.29, 0.717) is 21.4 Å². The van der Waals surface area contributed by atoms with Gasteiger partial charge >= 0.3 is 5.97 Å². The van der Waals surface area contributed by atoms with Gasteiger partial charge in [0.2, 0.25) is 0 Å². The number of rotatable bonds is 4. The largest absolute Gasteiger partial charge is 0.488 e. The average Bonchev–Trinajstić information content (AvgIpc) is 2.19. The Kier molecular flexibility index (Phi) is 4.65. The van der Waals surface area contributed by atoms with Crippen molar-refractivity contribution >= 4 is 29.2 Å². The molecule has 5 heteroatoms. The predicted octanol–water partition coefficient (Wildman–Crippen LogP) is 3.40. The van der Waals surface area contributed by atoms with Crippen LogP contribution in [0.3, 0.4) is 0 Å². The monoisotopic (exact) mass is 260 g/mol. The van der Waals surface area contributed by atoms with Gasteiger partial charge in [0.05, 0.1) is 5.02 Å². The van der Waals surface area contributed by atoms with E-state index < -0.39 is 5.97 Å². The number of hydrogen-bond acceptors (Lipinski definition) is 2. The fraction of sp³-hybridized carbons (Fsp3) is 0.182. The lowest BCUT2D eigenvalue weighted by atomic mass is 10.3. The van der Waals surface area contributed by atoms with E-state index in [2.05, 4.69) is 0 Å². The summed E-state index contributed by atoms with van der Waals surface area (Å²) in [6.45, 7) is 1.82. The third kappa shape index (κ3) is 3.76. The van der Waals surface area contributed by atoms with Crippen molar-refractivity contribution in [3.63, 3.8) is 0 Å². The standard InChI is InChI=1S/C11H10Cl2O3/c1-7(5-10(14)15)6-16-9-4-2-3-8(12)11(9)13/h2-5H,6H2,1H3,(H,14,15)/b7-5+. The number of carbonyl (C=O) groups is 1. The molecule has 16 heavy (non-hydrogen) atoms. The van der Waals surface area contributed by atoms with Gasteiger partial charge in [-0.05, 0) is 24.6 Å². The maximum absolute atomic E-state index is 10.4. The average molecular weight is 261 g/mol. The van der Waals surface area contributed by atoms with Crippen LogP contribution in [0.5, 0.6) is 5.75 Å². The Balaban J connectivity index is 2.68. The zero-order chi connectivity index (χ0) is 12.1. The quantitative estimate of drug-likeness (QED) is 0.845. The highest BCUT2D eigenvalue weighted by atomic mass is 35.5. The minimum atomic E-state index is -1.00. The molecule has 0 radical (unpaired) electrons. The molecule has 1 aromatic rings. The summed E-state index contributed by atoms with van der Waals surface area (Å²) in [5, 5.41) is 9.23. The second-order valence-corrected chi connectivity index (χ2v) is 3.95. The van der Waals surface area contributed by atoms with Crippen molar-refractivity contribution in [2.75, 3.05) is 6.61 Å². The van der Waals surface area contributed by atoms with Gasteiger partial charge in [-0.3, -0.25) is 0 Å². The molecular formula is C11H10Cl2O3. The highest BCUT2D eigenvalue weighted by molar-refractivity contribution is 6.42. The van der Waals surface area contributed by atoms with Crippen molar-refractivity contribution in [1.29, 1.82) is 0 Å². The van der Waals surface area contributed by atoms with Crippen LogP contribution >= 0.6 is 23.2 Å². The molecule has 0 aliphatic rings. The van der Waals surface area contributed by atoms with Gasteiger partial charge in [0.25, 0.3) is 0 Å². The van der Waals surface area contributed by atoms with Crippen molar-refractivity contribution in [1.82, 2.24) is 0 Å². The molecule has 0 aromatic heterocycles. The lowest BCUT2D eigenvalue weighted by Crippen LogP contribution is -2.01. The van der Waals surface area contributed by atoms with Gasteiger partial charge in [0, 0.05) is 6.08 Å². The summed E-state index contributed by atoms with van der Waals surface area (Å²) in [6.07, 6.45) is 1.08. The van der Waals surface area contributed by atoms with Crippen LogP contribution < -0.4 is 4.74 Å². The molecule has 3 nitrogen and oxygen atoms in total. The van der Waals surface area contributed by atoms with Gasteiger partial charge in [-0.15, -0.1) is 0 Å². The maximum atomic E-state index is 10.4. The van der Waals surface area contributed by atoms with E-state index in [9.17, 15) is 4.79 Å². The number of halogens is 2. The number of carboxylic acids is 1. The first kappa shape index (κ1) is 12.9. The second kappa shape index (κ2) is 5.77. The molecule has 0 heterocycles. The number of hydrogen-bond donors (Lipinski definition) is 1. The summed E-state index contributed by atoms with van der Waals surface area (Å²) in [4.78, 5) is 10.4. The third-order valence-electron chi connectivity index (χ3n) is 1.74. The summed E-state index contributed by atoms with van der Waals surface area (Å²) in [5.74, 6) is -0.564. The molecule has 0 saturated carbocycles. The first-order valence-corrected chi connectivity index (χ1v) is 5.23. The molecule has 0 amide bonds. The van der Waals surface area contributed by atoms with Crippen molar-refractivity contribution < 1.29 is 14.6 Å². The maximum Gasteiger partial charge on any atom is 0.328 e. The Morgan fingerprint density at radius 1 is 1.50 bits per heavy atom. The Morgan fingerprint density at radius 2 is 2.19 bits per heavy atom. The molecule has 1 rings (SSSR count). The molecule has 0 spiro atoms. The van der Waals surface area contributed by atoms with E-state index in [1.54, 1.807) is 25.1 Å². The van der Waals surface area contributed by atoms with E-state index in [-0.39, 0.29) is 6.61 Å². The zero-order valence-electron chi connectivity index (χ0n) is 8.54. The van der Waals surface area contributed by atoms with Crippen LogP contribution in [0.2, 0.25) is 10.0 Å². The lowest BCUT2D eigenvalue weighted by molar-refractivity contribution is -0.131. The summed E-state index contributed by atoms with van der Waals surface area (Å²) in [6, 6.07) is 5.03. The molecule has 86 valence electrons. The minimum Gasteiger partial charge on any atom is -0.488 e. The van der Waals surface area contributed by atoms with Crippen molar-refractivity contribution in [2.45, 2.75) is 6.92 Å². The van der Waals surface area contributed by atoms with Crippen LogP contribution in [0.15, 0.2) is 29.8 Å². The molecule has 0 aliphatic carbocycles. The molecule has 0 unspecified atom stereocenters. The van der Waals surface area contributed by atoms with Crippen LogP contribution in [0, 0.1) is 0 Å². The number of ether oxygens (including phenoxy) is 1. The second-order valence-electron chi connectivity index (χ2n) is 3.17. The van der Waals surface area contributed by atoms with Crippen molar-refractivity contribution in [3.05, 3.63) is 39.9 Å². The van der Waals surface area contributed by atoms with E-state index in [0.717, 1.165) is 6.08 Å². The molecular weight excluding hydrogens is 251 g/mol. The highest BCUT2D eigenvalue weighted by Gasteiger charge is 2.05. The Labute approximate surface area is 103 Å². The minimum absolute atomic E-state index is 0.159. The van der Waals surface area contributed by atoms with E-state index >= 15 is 0 Å². The van der Waals surface area contributed by atoms with Crippen molar-refractivity contribution in [2.24, 2.45) is 0 Å². The van der Waals surface area contributed by atoms with Gasteiger partial charge in [-0.2, -0.15) is 0 Å². The van der Waals surface area contributed by atoms with Crippen LogP contribution in [-0.2, 0) is 4.79 Å². The summed E-state index contributed by atoms with van der Waals surface area (Å²) in [7, 11) is 0. The Bertz CT molecular complexity index is 427. The normalized spacial score (nSPS) is 11.3. The number of aliphatic carboxylic acids is 1. The van der Waals surface area contributed by atoms with Gasteiger partial charge < -0.3 is 9.84 Å². The fourth-order valence-corrected chi connectivity index (χ4v) is 1.39. The predicted molar refractivity (Wildman–Crippen MR) is 63.3 cm³/mol. The molecule has 0 saturated heterocycles. The topological polar surface area (TPSA) is 46.5 Å². The molecule has 0 bridgehead atoms. The van der Waals surface area contributed by atoms with Crippen LogP contribution in [-0.4, -0.2) is 17.7 Å². The Morgan fingerprint density at radius 3 is 2.81 bits per heavy atom. The van der Waals surface area contributed by atoms with Crippen LogP contribution in [0.4, 0.5) is 0 Å². The summed E-state index contributed by atoms with van der Waals surface area (Å²) in [5.41, 5.74) is 0.587. The molecule has 0 aliphatic heterocycles. The molecule has 0 fully saturated rings. The fourth-order valence-electron chi connectivity index (χ4n) is 1.04. The van der Waals surface area contributed by atoms with E-state index in [1.807, 2.05) is 0 Å². The van der Waals surface area contributed by atoms with Gasteiger partial charge in [0.15, 0.2) is 0 Å². The first-order chi connectivity index (χ1) is 7.50. The molecule has 1 N–H and O–H groups in total.